The van der Waals surface area contributed by atoms with Crippen molar-refractivity contribution >= 4 is 17.6 Å². The second-order valence-electron chi connectivity index (χ2n) is 10.8. The van der Waals surface area contributed by atoms with E-state index in [2.05, 4.69) is 41.1 Å². The molecule has 2 atom stereocenters. The first kappa shape index (κ1) is 23.6. The number of hydrogen-bond donors (Lipinski definition) is 1. The van der Waals surface area contributed by atoms with E-state index >= 15 is 0 Å². The SMILES string of the molecule is CC1(C)CNC(=O)N(CCN2CCN([C@@H]3C[C@@H](c4ccc(F)cc4)c4cc(Cl)ccc43)CC2)C1. The van der Waals surface area contributed by atoms with Crippen molar-refractivity contribution in [3.63, 3.8) is 0 Å². The Bertz CT molecular complexity index is 1040. The highest BCUT2D eigenvalue weighted by Crippen LogP contribution is 2.47. The van der Waals surface area contributed by atoms with E-state index in [1.54, 1.807) is 12.1 Å². The molecule has 2 saturated heterocycles. The molecular weight excluding hydrogens is 451 g/mol. The second-order valence-corrected chi connectivity index (χ2v) is 11.2. The lowest BCUT2D eigenvalue weighted by atomic mass is 9.91. The van der Waals surface area contributed by atoms with Crippen LogP contribution < -0.4 is 5.32 Å². The van der Waals surface area contributed by atoms with E-state index in [-0.39, 0.29) is 23.2 Å². The molecule has 0 bridgehead atoms. The fraction of sp³-hybridized carbons (Fsp3) is 0.519. The van der Waals surface area contributed by atoms with E-state index in [9.17, 15) is 9.18 Å². The van der Waals surface area contributed by atoms with Crippen molar-refractivity contribution in [1.29, 1.82) is 0 Å². The van der Waals surface area contributed by atoms with Gasteiger partial charge < -0.3 is 10.2 Å². The molecule has 0 radical (unpaired) electrons. The summed E-state index contributed by atoms with van der Waals surface area (Å²) in [5.74, 6) is 0.0321. The van der Waals surface area contributed by atoms with Gasteiger partial charge in [0.15, 0.2) is 0 Å². The molecule has 7 heteroatoms. The summed E-state index contributed by atoms with van der Waals surface area (Å²) < 4.78 is 13.5. The van der Waals surface area contributed by atoms with Crippen LogP contribution in [0, 0.1) is 11.2 Å². The average Bonchev–Trinajstić information content (AvgIpc) is 3.19. The molecule has 0 aromatic heterocycles. The standard InChI is InChI=1S/C27H34ClFN4O/c1-27(2)17-30-26(34)33(18-27)14-11-31-9-12-32(13-10-31)25-16-23(19-3-6-21(29)7-4-19)24-15-20(28)5-8-22(24)25/h3-8,15,23,25H,9-14,16-18H2,1-2H3,(H,30,34)/t23-,25+/m0/s1. The average molecular weight is 485 g/mol. The maximum atomic E-state index is 13.5. The number of urea groups is 1. The van der Waals surface area contributed by atoms with Crippen molar-refractivity contribution in [3.05, 3.63) is 70.0 Å². The van der Waals surface area contributed by atoms with E-state index < -0.39 is 0 Å². The first-order valence-electron chi connectivity index (χ1n) is 12.3. The number of nitrogens with zero attached hydrogens (tertiary/aromatic N) is 3. The van der Waals surface area contributed by atoms with Gasteiger partial charge in [-0.25, -0.2) is 9.18 Å². The molecule has 1 N–H and O–H groups in total. The van der Waals surface area contributed by atoms with Gasteiger partial charge in [-0.1, -0.05) is 43.6 Å². The van der Waals surface area contributed by atoms with Crippen LogP contribution in [0.5, 0.6) is 0 Å². The highest BCUT2D eigenvalue weighted by molar-refractivity contribution is 6.30. The summed E-state index contributed by atoms with van der Waals surface area (Å²) in [6.07, 6.45) is 0.990. The summed E-state index contributed by atoms with van der Waals surface area (Å²) in [4.78, 5) is 19.3. The van der Waals surface area contributed by atoms with Gasteiger partial charge in [0.25, 0.3) is 0 Å². The second kappa shape index (κ2) is 9.48. The van der Waals surface area contributed by atoms with Crippen LogP contribution in [0.4, 0.5) is 9.18 Å². The Morgan fingerprint density at radius 2 is 1.76 bits per heavy atom. The third kappa shape index (κ3) is 4.95. The van der Waals surface area contributed by atoms with Crippen LogP contribution >= 0.6 is 11.6 Å². The third-order valence-electron chi connectivity index (χ3n) is 7.67. The van der Waals surface area contributed by atoms with Crippen LogP contribution in [0.1, 0.15) is 48.9 Å². The van der Waals surface area contributed by atoms with E-state index in [1.807, 2.05) is 23.1 Å². The number of benzene rings is 2. The largest absolute Gasteiger partial charge is 0.337 e. The molecule has 2 fully saturated rings. The fourth-order valence-electron chi connectivity index (χ4n) is 5.80. The maximum Gasteiger partial charge on any atom is 0.317 e. The van der Waals surface area contributed by atoms with Crippen LogP contribution in [-0.2, 0) is 0 Å². The normalized spacial score (nSPS) is 25.3. The van der Waals surface area contributed by atoms with Crippen LogP contribution in [0.15, 0.2) is 42.5 Å². The van der Waals surface area contributed by atoms with Gasteiger partial charge in [-0.2, -0.15) is 0 Å². The van der Waals surface area contributed by atoms with Crippen LogP contribution in [0.25, 0.3) is 0 Å². The third-order valence-corrected chi connectivity index (χ3v) is 7.91. The number of nitrogens with one attached hydrogen (secondary N) is 1. The molecule has 182 valence electrons. The van der Waals surface area contributed by atoms with Crippen LogP contribution in [0.2, 0.25) is 5.02 Å². The number of halogens is 2. The minimum Gasteiger partial charge on any atom is -0.337 e. The molecule has 2 amide bonds. The Hall–Kier alpha value is -2.15. The molecule has 2 aromatic rings. The number of fused-ring (bicyclic) bond motifs is 1. The van der Waals surface area contributed by atoms with Crippen molar-refractivity contribution in [3.8, 4) is 0 Å². The van der Waals surface area contributed by atoms with Gasteiger partial charge in [0, 0.05) is 69.3 Å². The summed E-state index contributed by atoms with van der Waals surface area (Å²) in [7, 11) is 0. The first-order chi connectivity index (χ1) is 16.3. The molecule has 3 aliphatic rings. The Balaban J connectivity index is 1.22. The van der Waals surface area contributed by atoms with Gasteiger partial charge in [0.05, 0.1) is 0 Å². The van der Waals surface area contributed by atoms with Gasteiger partial charge in [0.1, 0.15) is 5.82 Å². The zero-order chi connectivity index (χ0) is 23.9. The van der Waals surface area contributed by atoms with Crippen molar-refractivity contribution in [1.82, 2.24) is 20.0 Å². The topological polar surface area (TPSA) is 38.8 Å². The molecule has 2 heterocycles. The minimum atomic E-state index is -0.202. The van der Waals surface area contributed by atoms with Crippen molar-refractivity contribution in [2.45, 2.75) is 32.2 Å². The number of hydrogen-bond acceptors (Lipinski definition) is 3. The summed E-state index contributed by atoms with van der Waals surface area (Å²) in [5.41, 5.74) is 3.88. The molecular formula is C27H34ClFN4O. The Morgan fingerprint density at radius 3 is 2.50 bits per heavy atom. The molecule has 0 unspecified atom stereocenters. The predicted molar refractivity (Wildman–Crippen MR) is 134 cm³/mol. The smallest absolute Gasteiger partial charge is 0.317 e. The van der Waals surface area contributed by atoms with E-state index in [4.69, 9.17) is 11.6 Å². The van der Waals surface area contributed by atoms with Gasteiger partial charge in [-0.15, -0.1) is 0 Å². The van der Waals surface area contributed by atoms with Crippen molar-refractivity contribution < 1.29 is 9.18 Å². The predicted octanol–water partition coefficient (Wildman–Crippen LogP) is 4.72. The minimum absolute atomic E-state index is 0.0611. The quantitative estimate of drug-likeness (QED) is 0.667. The van der Waals surface area contributed by atoms with Crippen molar-refractivity contribution in [2.75, 3.05) is 52.4 Å². The monoisotopic (exact) mass is 484 g/mol. The molecule has 2 aliphatic heterocycles. The number of amides is 2. The Kier molecular flexibility index (Phi) is 6.58. The van der Waals surface area contributed by atoms with E-state index in [1.165, 1.54) is 11.1 Å². The fourth-order valence-corrected chi connectivity index (χ4v) is 5.98. The molecule has 5 rings (SSSR count). The molecule has 0 saturated carbocycles. The van der Waals surface area contributed by atoms with Gasteiger partial charge in [0.2, 0.25) is 0 Å². The van der Waals surface area contributed by atoms with Crippen LogP contribution in [0.3, 0.4) is 0 Å². The number of carbonyl (C=O) groups excluding carboxylic acids is 1. The Morgan fingerprint density at radius 1 is 1.03 bits per heavy atom. The molecule has 5 nitrogen and oxygen atoms in total. The highest BCUT2D eigenvalue weighted by Gasteiger charge is 2.37. The lowest BCUT2D eigenvalue weighted by Gasteiger charge is -2.41. The first-order valence-corrected chi connectivity index (χ1v) is 12.7. The van der Waals surface area contributed by atoms with E-state index in [0.29, 0.717) is 6.04 Å². The molecule has 0 spiro atoms. The van der Waals surface area contributed by atoms with E-state index in [0.717, 1.165) is 69.4 Å². The zero-order valence-corrected chi connectivity index (χ0v) is 20.8. The van der Waals surface area contributed by atoms with Crippen molar-refractivity contribution in [2.24, 2.45) is 5.41 Å². The summed E-state index contributed by atoms with van der Waals surface area (Å²) in [6.45, 7) is 11.6. The maximum absolute atomic E-state index is 13.5. The molecule has 1 aliphatic carbocycles. The van der Waals surface area contributed by atoms with Gasteiger partial charge >= 0.3 is 6.03 Å². The number of rotatable bonds is 5. The summed E-state index contributed by atoms with van der Waals surface area (Å²) in [5, 5.41) is 3.77. The summed E-state index contributed by atoms with van der Waals surface area (Å²) in [6, 6.07) is 13.6. The number of piperazine rings is 1. The summed E-state index contributed by atoms with van der Waals surface area (Å²) >= 11 is 6.37. The molecule has 2 aromatic carbocycles. The Labute approximate surface area is 206 Å². The molecule has 34 heavy (non-hydrogen) atoms. The highest BCUT2D eigenvalue weighted by atomic mass is 35.5. The lowest BCUT2D eigenvalue weighted by molar-refractivity contribution is 0.0811. The van der Waals surface area contributed by atoms with Gasteiger partial charge in [-0.05, 0) is 52.8 Å². The van der Waals surface area contributed by atoms with Crippen LogP contribution in [-0.4, -0.2) is 73.1 Å². The van der Waals surface area contributed by atoms with Gasteiger partial charge in [-0.3, -0.25) is 9.80 Å². The lowest BCUT2D eigenvalue weighted by Crippen LogP contribution is -2.57. The zero-order valence-electron chi connectivity index (χ0n) is 20.1. The number of carbonyl (C=O) groups is 1.